The Bertz CT molecular complexity index is 1710. The predicted octanol–water partition coefficient (Wildman–Crippen LogP) is 7.26. The second kappa shape index (κ2) is 6.81. The molecule has 0 amide bonds. The summed E-state index contributed by atoms with van der Waals surface area (Å²) in [6.45, 7) is 0. The first-order chi connectivity index (χ1) is 15.9. The molecule has 1 aliphatic rings. The van der Waals surface area contributed by atoms with Crippen molar-refractivity contribution in [3.05, 3.63) is 108 Å². The summed E-state index contributed by atoms with van der Waals surface area (Å²) >= 11 is 1.78. The third kappa shape index (κ3) is 2.50. The van der Waals surface area contributed by atoms with Crippen LogP contribution in [0.1, 0.15) is 11.0 Å². The normalized spacial score (nSPS) is 15.8. The average Bonchev–Trinajstić information content (AvgIpc) is 3.44. The van der Waals surface area contributed by atoms with Gasteiger partial charge in [0.25, 0.3) is 0 Å². The van der Waals surface area contributed by atoms with Crippen LogP contribution in [0.3, 0.4) is 0 Å². The van der Waals surface area contributed by atoms with Crippen LogP contribution in [0.15, 0.2) is 103 Å². The van der Waals surface area contributed by atoms with E-state index in [1.165, 1.54) is 43.0 Å². The van der Waals surface area contributed by atoms with Crippen molar-refractivity contribution >= 4 is 54.1 Å². The molecule has 1 N–H and O–H groups in total. The van der Waals surface area contributed by atoms with Crippen molar-refractivity contribution in [2.24, 2.45) is 0 Å². The molecule has 3 heterocycles. The lowest BCUT2D eigenvalue weighted by Crippen LogP contribution is -2.14. The molecule has 1 unspecified atom stereocenters. The number of allylic oxidation sites excluding steroid dienone is 2. The van der Waals surface area contributed by atoms with Crippen LogP contribution in [0, 0.1) is 0 Å². The fourth-order valence-corrected chi connectivity index (χ4v) is 5.98. The number of fused-ring (bicyclic) bond motifs is 6. The number of rotatable bonds is 2. The number of benzene rings is 4. The third-order valence-electron chi connectivity index (χ3n) is 6.27. The van der Waals surface area contributed by atoms with Gasteiger partial charge in [-0.15, -0.1) is 11.3 Å². The molecular formula is C28H19N3S. The zero-order valence-corrected chi connectivity index (χ0v) is 18.0. The molecule has 0 aliphatic carbocycles. The molecule has 4 aromatic carbocycles. The second-order valence-corrected chi connectivity index (χ2v) is 9.13. The van der Waals surface area contributed by atoms with Gasteiger partial charge in [-0.3, -0.25) is 0 Å². The summed E-state index contributed by atoms with van der Waals surface area (Å²) < 4.78 is 3.66. The summed E-state index contributed by atoms with van der Waals surface area (Å²) in [6, 6.07) is 28.4. The standard InChI is InChI=1S/C28H19N3S/c1-2-10-19-18(8-1)9-7-14-24(19)31-25-13-4-3-11-20(25)21-15-16-22-27(26(21)31)32-28(30-22)23-12-5-6-17-29-23/h1-17,23,29H. The van der Waals surface area contributed by atoms with Gasteiger partial charge in [0.2, 0.25) is 0 Å². The van der Waals surface area contributed by atoms with Gasteiger partial charge < -0.3 is 9.88 Å². The van der Waals surface area contributed by atoms with Crippen molar-refractivity contribution in [3.8, 4) is 5.69 Å². The topological polar surface area (TPSA) is 29.9 Å². The predicted molar refractivity (Wildman–Crippen MR) is 136 cm³/mol. The Morgan fingerprint density at radius 2 is 1.62 bits per heavy atom. The number of aromatic nitrogens is 2. The molecule has 0 saturated heterocycles. The van der Waals surface area contributed by atoms with Crippen LogP contribution in [-0.4, -0.2) is 9.55 Å². The Morgan fingerprint density at radius 3 is 2.53 bits per heavy atom. The molecular weight excluding hydrogens is 410 g/mol. The monoisotopic (exact) mass is 429 g/mol. The molecule has 0 fully saturated rings. The van der Waals surface area contributed by atoms with Crippen LogP contribution >= 0.6 is 11.3 Å². The number of para-hydroxylation sites is 1. The highest BCUT2D eigenvalue weighted by atomic mass is 32.1. The van der Waals surface area contributed by atoms with Gasteiger partial charge in [-0.05, 0) is 41.9 Å². The first-order valence-electron chi connectivity index (χ1n) is 10.8. The number of hydrogen-bond donors (Lipinski definition) is 1. The summed E-state index contributed by atoms with van der Waals surface area (Å²) in [5, 5.41) is 9.54. The summed E-state index contributed by atoms with van der Waals surface area (Å²) in [4.78, 5) is 5.01. The number of dihydropyridines is 1. The van der Waals surface area contributed by atoms with Gasteiger partial charge in [-0.25, -0.2) is 4.98 Å². The average molecular weight is 430 g/mol. The zero-order chi connectivity index (χ0) is 21.1. The van der Waals surface area contributed by atoms with E-state index in [0.29, 0.717) is 0 Å². The SMILES string of the molecule is C1=CNC(c2nc3ccc4c5ccccc5n(-c5cccc6ccccc56)c4c3s2)C=C1. The fraction of sp³-hybridized carbons (Fsp3) is 0.0357. The van der Waals surface area contributed by atoms with E-state index in [-0.39, 0.29) is 6.04 Å². The molecule has 1 atom stereocenters. The fourth-order valence-electron chi connectivity index (χ4n) is 4.84. The van der Waals surface area contributed by atoms with Crippen molar-refractivity contribution < 1.29 is 0 Å². The summed E-state index contributed by atoms with van der Waals surface area (Å²) in [5.74, 6) is 0. The molecule has 0 spiro atoms. The summed E-state index contributed by atoms with van der Waals surface area (Å²) in [7, 11) is 0. The van der Waals surface area contributed by atoms with Gasteiger partial charge in [0.15, 0.2) is 0 Å². The smallest absolute Gasteiger partial charge is 0.120 e. The Kier molecular flexibility index (Phi) is 3.78. The molecule has 0 saturated carbocycles. The summed E-state index contributed by atoms with van der Waals surface area (Å²) in [6.07, 6.45) is 8.24. The quantitative estimate of drug-likeness (QED) is 0.314. The Morgan fingerprint density at radius 1 is 0.781 bits per heavy atom. The van der Waals surface area contributed by atoms with Gasteiger partial charge in [0.1, 0.15) is 5.01 Å². The number of nitrogens with one attached hydrogen (secondary N) is 1. The van der Waals surface area contributed by atoms with Crippen LogP contribution < -0.4 is 5.32 Å². The van der Waals surface area contributed by atoms with Gasteiger partial charge >= 0.3 is 0 Å². The van der Waals surface area contributed by atoms with Crippen molar-refractivity contribution in [1.29, 1.82) is 0 Å². The molecule has 6 aromatic rings. The number of nitrogens with zero attached hydrogens (tertiary/aromatic N) is 2. The lowest BCUT2D eigenvalue weighted by molar-refractivity contribution is 0.741. The highest BCUT2D eigenvalue weighted by molar-refractivity contribution is 7.19. The van der Waals surface area contributed by atoms with E-state index in [1.54, 1.807) is 11.3 Å². The molecule has 32 heavy (non-hydrogen) atoms. The van der Waals surface area contributed by atoms with Gasteiger partial charge in [0.05, 0.1) is 33.0 Å². The van der Waals surface area contributed by atoms with Crippen molar-refractivity contribution in [2.45, 2.75) is 6.04 Å². The largest absolute Gasteiger partial charge is 0.379 e. The van der Waals surface area contributed by atoms with E-state index in [2.05, 4.69) is 101 Å². The molecule has 1 aliphatic heterocycles. The lowest BCUT2D eigenvalue weighted by atomic mass is 10.1. The first kappa shape index (κ1) is 17.8. The first-order valence-corrected chi connectivity index (χ1v) is 11.6. The van der Waals surface area contributed by atoms with E-state index in [4.69, 9.17) is 4.98 Å². The minimum atomic E-state index is 0.114. The minimum Gasteiger partial charge on any atom is -0.379 e. The van der Waals surface area contributed by atoms with Crippen LogP contribution in [0.5, 0.6) is 0 Å². The van der Waals surface area contributed by atoms with Crippen molar-refractivity contribution in [1.82, 2.24) is 14.9 Å². The maximum Gasteiger partial charge on any atom is 0.120 e. The Hall–Kier alpha value is -3.89. The van der Waals surface area contributed by atoms with E-state index < -0.39 is 0 Å². The third-order valence-corrected chi connectivity index (χ3v) is 7.43. The van der Waals surface area contributed by atoms with Crippen LogP contribution in [0.4, 0.5) is 0 Å². The van der Waals surface area contributed by atoms with E-state index in [1.807, 2.05) is 12.3 Å². The van der Waals surface area contributed by atoms with E-state index >= 15 is 0 Å². The Labute approximate surface area is 188 Å². The lowest BCUT2D eigenvalue weighted by Gasteiger charge is -2.12. The zero-order valence-electron chi connectivity index (χ0n) is 17.2. The molecule has 3 nitrogen and oxygen atoms in total. The van der Waals surface area contributed by atoms with E-state index in [0.717, 1.165) is 10.5 Å². The molecule has 0 bridgehead atoms. The van der Waals surface area contributed by atoms with Gasteiger partial charge in [-0.2, -0.15) is 0 Å². The maximum absolute atomic E-state index is 5.01. The molecule has 0 radical (unpaired) electrons. The summed E-state index contributed by atoms with van der Waals surface area (Å²) in [5.41, 5.74) is 4.71. The number of hydrogen-bond acceptors (Lipinski definition) is 3. The van der Waals surface area contributed by atoms with Crippen molar-refractivity contribution in [3.63, 3.8) is 0 Å². The van der Waals surface area contributed by atoms with Crippen LogP contribution in [0.25, 0.3) is 48.5 Å². The molecule has 4 heteroatoms. The molecule has 152 valence electrons. The number of thiazole rings is 1. The van der Waals surface area contributed by atoms with Crippen LogP contribution in [0.2, 0.25) is 0 Å². The second-order valence-electron chi connectivity index (χ2n) is 8.10. The van der Waals surface area contributed by atoms with Crippen molar-refractivity contribution in [2.75, 3.05) is 0 Å². The Balaban J connectivity index is 1.62. The maximum atomic E-state index is 5.01. The highest BCUT2D eigenvalue weighted by Gasteiger charge is 2.20. The van der Waals surface area contributed by atoms with Gasteiger partial charge in [0, 0.05) is 16.2 Å². The van der Waals surface area contributed by atoms with Gasteiger partial charge in [-0.1, -0.05) is 66.7 Å². The molecule has 7 rings (SSSR count). The highest BCUT2D eigenvalue weighted by Crippen LogP contribution is 2.41. The van der Waals surface area contributed by atoms with Crippen LogP contribution in [-0.2, 0) is 0 Å². The minimum absolute atomic E-state index is 0.114. The molecule has 2 aromatic heterocycles. The van der Waals surface area contributed by atoms with E-state index in [9.17, 15) is 0 Å².